The number of aryl methyl sites for hydroxylation is 1. The van der Waals surface area contributed by atoms with Crippen molar-refractivity contribution in [2.45, 2.75) is 39.7 Å². The molecule has 0 saturated carbocycles. The van der Waals surface area contributed by atoms with Crippen molar-refractivity contribution in [3.8, 4) is 0 Å². The predicted molar refractivity (Wildman–Crippen MR) is 122 cm³/mol. The van der Waals surface area contributed by atoms with Crippen LogP contribution >= 0.6 is 11.6 Å². The second kappa shape index (κ2) is 9.34. The minimum absolute atomic E-state index is 0.279. The van der Waals surface area contributed by atoms with Crippen LogP contribution in [0.5, 0.6) is 0 Å². The maximum Gasteiger partial charge on any atom is 0.250 e. The summed E-state index contributed by atoms with van der Waals surface area (Å²) < 4.78 is 1.90. The van der Waals surface area contributed by atoms with Gasteiger partial charge in [0.05, 0.1) is 12.2 Å². The van der Waals surface area contributed by atoms with Gasteiger partial charge in [-0.1, -0.05) is 29.8 Å². The lowest BCUT2D eigenvalue weighted by molar-refractivity contribution is -0.111. The highest BCUT2D eigenvalue weighted by molar-refractivity contribution is 6.31. The molecule has 1 aliphatic heterocycles. The number of hydrogen-bond donors (Lipinski definition) is 2. The maximum atomic E-state index is 12.4. The van der Waals surface area contributed by atoms with Gasteiger partial charge in [-0.15, -0.1) is 5.10 Å². The molecule has 1 amide bonds. The first-order valence-corrected chi connectivity index (χ1v) is 10.8. The second-order valence-corrected chi connectivity index (χ2v) is 8.10. The topological polar surface area (TPSA) is 91.7 Å². The fourth-order valence-electron chi connectivity index (χ4n) is 3.76. The normalized spacial score (nSPS) is 14.4. The van der Waals surface area contributed by atoms with Crippen molar-refractivity contribution in [2.75, 3.05) is 23.3 Å². The summed E-state index contributed by atoms with van der Waals surface area (Å²) >= 11 is 6.28. The van der Waals surface area contributed by atoms with Gasteiger partial charge in [0.1, 0.15) is 0 Å². The van der Waals surface area contributed by atoms with E-state index in [0.29, 0.717) is 23.5 Å². The van der Waals surface area contributed by atoms with E-state index in [1.54, 1.807) is 6.08 Å². The fourth-order valence-corrected chi connectivity index (χ4v) is 3.95. The summed E-state index contributed by atoms with van der Waals surface area (Å²) in [5, 5.41) is 15.1. The lowest BCUT2D eigenvalue weighted by Gasteiger charge is -2.24. The van der Waals surface area contributed by atoms with Crippen LogP contribution in [0.1, 0.15) is 41.8 Å². The number of nitrogens with one attached hydrogen (secondary N) is 2. The van der Waals surface area contributed by atoms with Crippen molar-refractivity contribution in [1.82, 2.24) is 25.0 Å². The van der Waals surface area contributed by atoms with Crippen LogP contribution in [0.3, 0.4) is 0 Å². The zero-order valence-electron chi connectivity index (χ0n) is 17.7. The maximum absolute atomic E-state index is 12.4. The Labute approximate surface area is 186 Å². The van der Waals surface area contributed by atoms with Gasteiger partial charge in [0.2, 0.25) is 11.9 Å². The van der Waals surface area contributed by atoms with E-state index in [9.17, 15) is 4.79 Å². The summed E-state index contributed by atoms with van der Waals surface area (Å²) in [6, 6.07) is 7.72. The van der Waals surface area contributed by atoms with E-state index >= 15 is 0 Å². The largest absolute Gasteiger partial charge is 0.340 e. The van der Waals surface area contributed by atoms with Gasteiger partial charge < -0.3 is 4.90 Å². The third-order valence-corrected chi connectivity index (χ3v) is 5.84. The summed E-state index contributed by atoms with van der Waals surface area (Å²) in [6.45, 7) is 6.37. The van der Waals surface area contributed by atoms with Crippen LogP contribution < -0.4 is 10.2 Å². The van der Waals surface area contributed by atoms with Gasteiger partial charge in [-0.2, -0.15) is 10.1 Å². The molecule has 1 aromatic carbocycles. The molecule has 1 aliphatic rings. The van der Waals surface area contributed by atoms with Gasteiger partial charge in [0.15, 0.2) is 0 Å². The summed E-state index contributed by atoms with van der Waals surface area (Å²) in [4.78, 5) is 18.9. The molecule has 0 unspecified atom stereocenters. The highest BCUT2D eigenvalue weighted by atomic mass is 35.5. The van der Waals surface area contributed by atoms with Gasteiger partial charge >= 0.3 is 0 Å². The van der Waals surface area contributed by atoms with Crippen molar-refractivity contribution in [3.63, 3.8) is 0 Å². The van der Waals surface area contributed by atoms with E-state index in [0.717, 1.165) is 48.4 Å². The number of carbonyl (C=O) groups is 1. The SMILES string of the molecule is Cc1nn(Cc2ccccc2Cl)c(C)c1/C=C/C(=O)Nc1nc(N2CCCCC2)n[nH]1. The molecule has 0 spiro atoms. The number of amides is 1. The molecular weight excluding hydrogens is 414 g/mol. The van der Waals surface area contributed by atoms with E-state index < -0.39 is 0 Å². The number of carbonyl (C=O) groups excluding carboxylic acids is 1. The van der Waals surface area contributed by atoms with Crippen molar-refractivity contribution in [2.24, 2.45) is 0 Å². The Bertz CT molecular complexity index is 1100. The Morgan fingerprint density at radius 3 is 2.77 bits per heavy atom. The number of halogens is 1. The van der Waals surface area contributed by atoms with Crippen molar-refractivity contribution < 1.29 is 4.79 Å². The molecular formula is C22H26ClN7O. The molecule has 4 rings (SSSR count). The quantitative estimate of drug-likeness (QED) is 0.567. The molecule has 2 aromatic heterocycles. The summed E-state index contributed by atoms with van der Waals surface area (Å²) in [5.41, 5.74) is 3.72. The number of rotatable bonds is 6. The molecule has 3 aromatic rings. The Morgan fingerprint density at radius 1 is 1.23 bits per heavy atom. The van der Waals surface area contributed by atoms with E-state index in [1.807, 2.05) is 42.8 Å². The fraction of sp³-hybridized carbons (Fsp3) is 0.364. The lowest BCUT2D eigenvalue weighted by atomic mass is 10.1. The third-order valence-electron chi connectivity index (χ3n) is 5.47. The van der Waals surface area contributed by atoms with Crippen LogP contribution in [0.2, 0.25) is 5.02 Å². The average molecular weight is 440 g/mol. The zero-order valence-corrected chi connectivity index (χ0v) is 18.5. The monoisotopic (exact) mass is 439 g/mol. The number of aromatic amines is 1. The summed E-state index contributed by atoms with van der Waals surface area (Å²) in [5.74, 6) is 0.698. The second-order valence-electron chi connectivity index (χ2n) is 7.69. The Kier molecular flexibility index (Phi) is 6.36. The Morgan fingerprint density at radius 2 is 2.00 bits per heavy atom. The molecule has 0 radical (unpaired) electrons. The average Bonchev–Trinajstić information content (AvgIpc) is 3.33. The smallest absolute Gasteiger partial charge is 0.250 e. The van der Waals surface area contributed by atoms with Gasteiger partial charge in [-0.3, -0.25) is 14.8 Å². The van der Waals surface area contributed by atoms with Gasteiger partial charge in [0, 0.05) is 35.4 Å². The Balaban J connectivity index is 1.41. The number of nitrogens with zero attached hydrogens (tertiary/aromatic N) is 5. The van der Waals surface area contributed by atoms with Crippen molar-refractivity contribution in [3.05, 3.63) is 57.9 Å². The molecule has 0 aliphatic carbocycles. The van der Waals surface area contributed by atoms with Crippen molar-refractivity contribution >= 4 is 35.5 Å². The molecule has 3 heterocycles. The van der Waals surface area contributed by atoms with Gasteiger partial charge in [-0.05, 0) is 50.8 Å². The zero-order chi connectivity index (χ0) is 21.8. The van der Waals surface area contributed by atoms with Gasteiger partial charge in [0.25, 0.3) is 5.91 Å². The van der Waals surface area contributed by atoms with Crippen LogP contribution in [0.25, 0.3) is 6.08 Å². The highest BCUT2D eigenvalue weighted by Crippen LogP contribution is 2.20. The first-order valence-electron chi connectivity index (χ1n) is 10.4. The Hall–Kier alpha value is -3.13. The first-order chi connectivity index (χ1) is 15.0. The van der Waals surface area contributed by atoms with Crippen LogP contribution in [0, 0.1) is 13.8 Å². The van der Waals surface area contributed by atoms with Crippen LogP contribution in [0.4, 0.5) is 11.9 Å². The standard InChI is InChI=1S/C22H26ClN7O/c1-15-18(16(2)30(28-15)14-17-8-4-5-9-19(17)23)10-11-20(31)24-21-25-22(27-26-21)29-12-6-3-7-13-29/h4-5,8-11H,3,6-7,12-14H2,1-2H3,(H2,24,25,26,27,31)/b11-10+. The molecule has 0 bridgehead atoms. The summed E-state index contributed by atoms with van der Waals surface area (Å²) in [7, 11) is 0. The number of anilines is 2. The molecule has 1 fully saturated rings. The molecule has 2 N–H and O–H groups in total. The van der Waals surface area contributed by atoms with Gasteiger partial charge in [-0.25, -0.2) is 5.10 Å². The van der Waals surface area contributed by atoms with E-state index in [2.05, 4.69) is 30.5 Å². The first kappa shape index (κ1) is 21.1. The predicted octanol–water partition coefficient (Wildman–Crippen LogP) is 3.96. The minimum atomic E-state index is -0.279. The molecule has 31 heavy (non-hydrogen) atoms. The minimum Gasteiger partial charge on any atom is -0.340 e. The highest BCUT2D eigenvalue weighted by Gasteiger charge is 2.16. The third kappa shape index (κ3) is 4.96. The van der Waals surface area contributed by atoms with E-state index in [4.69, 9.17) is 11.6 Å². The molecule has 8 nitrogen and oxygen atoms in total. The molecule has 162 valence electrons. The van der Waals surface area contributed by atoms with Crippen molar-refractivity contribution in [1.29, 1.82) is 0 Å². The molecule has 0 atom stereocenters. The number of piperidine rings is 1. The van der Waals surface area contributed by atoms with E-state index in [-0.39, 0.29) is 5.91 Å². The van der Waals surface area contributed by atoms with Crippen LogP contribution in [0.15, 0.2) is 30.3 Å². The van der Waals surface area contributed by atoms with E-state index in [1.165, 1.54) is 12.5 Å². The molecule has 9 heteroatoms. The number of benzene rings is 1. The number of aromatic nitrogens is 5. The van der Waals surface area contributed by atoms with Crippen LogP contribution in [-0.4, -0.2) is 44.0 Å². The number of H-pyrrole nitrogens is 1. The summed E-state index contributed by atoms with van der Waals surface area (Å²) in [6.07, 6.45) is 6.78. The lowest BCUT2D eigenvalue weighted by Crippen LogP contribution is -2.30. The van der Waals surface area contributed by atoms with Crippen LogP contribution in [-0.2, 0) is 11.3 Å². The number of hydrogen-bond acceptors (Lipinski definition) is 5. The molecule has 1 saturated heterocycles.